The molecular weight excluding hydrogens is 236 g/mol. The van der Waals surface area contributed by atoms with Crippen LogP contribution in [-0.4, -0.2) is 5.91 Å². The summed E-state index contributed by atoms with van der Waals surface area (Å²) in [5.74, 6) is -0.0273. The molecule has 3 heteroatoms. The average Bonchev–Trinajstić information content (AvgIpc) is 2.39. The number of unbranched alkanes of at least 4 members (excludes halogenated alkanes) is 8. The van der Waals surface area contributed by atoms with Crippen molar-refractivity contribution in [1.82, 2.24) is 0 Å². The van der Waals surface area contributed by atoms with Crippen molar-refractivity contribution in [2.75, 3.05) is 0 Å². The first-order valence-electron chi connectivity index (χ1n) is 7.88. The number of carbonyl (C=O) groups is 1. The van der Waals surface area contributed by atoms with Crippen molar-refractivity contribution in [3.05, 3.63) is 0 Å². The first kappa shape index (κ1) is 18.0. The van der Waals surface area contributed by atoms with Gasteiger partial charge in [-0.05, 0) is 19.3 Å². The molecule has 0 aromatic carbocycles. The molecule has 19 heavy (non-hydrogen) atoms. The van der Waals surface area contributed by atoms with Gasteiger partial charge in [-0.2, -0.15) is 5.26 Å². The van der Waals surface area contributed by atoms with Crippen molar-refractivity contribution in [3.63, 3.8) is 0 Å². The molecule has 0 fully saturated rings. The van der Waals surface area contributed by atoms with Crippen molar-refractivity contribution in [2.45, 2.75) is 84.0 Å². The number of carbonyl (C=O) groups excluding carboxylic acids is 1. The third-order valence-electron chi connectivity index (χ3n) is 3.65. The molecule has 0 aliphatic carbocycles. The van der Waals surface area contributed by atoms with Crippen molar-refractivity contribution in [2.24, 2.45) is 11.7 Å². The number of rotatable bonds is 13. The van der Waals surface area contributed by atoms with Gasteiger partial charge in [0.05, 0.1) is 6.07 Å². The van der Waals surface area contributed by atoms with Gasteiger partial charge in [0.15, 0.2) is 0 Å². The average molecular weight is 266 g/mol. The van der Waals surface area contributed by atoms with E-state index < -0.39 is 0 Å². The summed E-state index contributed by atoms with van der Waals surface area (Å²) in [7, 11) is 0. The summed E-state index contributed by atoms with van der Waals surface area (Å²) in [6, 6.07) is 2.17. The molecule has 0 saturated carbocycles. The number of amides is 1. The van der Waals surface area contributed by atoms with E-state index in [9.17, 15) is 4.79 Å². The Morgan fingerprint density at radius 2 is 1.53 bits per heavy atom. The second-order valence-electron chi connectivity index (χ2n) is 5.41. The molecule has 0 aromatic rings. The highest BCUT2D eigenvalue weighted by atomic mass is 16.1. The van der Waals surface area contributed by atoms with Gasteiger partial charge in [-0.25, -0.2) is 0 Å². The molecule has 0 spiro atoms. The van der Waals surface area contributed by atoms with Gasteiger partial charge >= 0.3 is 0 Å². The summed E-state index contributed by atoms with van der Waals surface area (Å²) >= 11 is 0. The molecule has 0 radical (unpaired) electrons. The van der Waals surface area contributed by atoms with Gasteiger partial charge in [-0.1, -0.05) is 58.3 Å². The molecule has 0 rings (SSSR count). The van der Waals surface area contributed by atoms with Gasteiger partial charge in [0.2, 0.25) is 5.91 Å². The van der Waals surface area contributed by atoms with Gasteiger partial charge in [0.1, 0.15) is 0 Å². The molecule has 1 atom stereocenters. The Morgan fingerprint density at radius 1 is 1.00 bits per heavy atom. The Labute approximate surface area is 118 Å². The minimum Gasteiger partial charge on any atom is -0.369 e. The summed E-state index contributed by atoms with van der Waals surface area (Å²) in [5.41, 5.74) is 5.42. The van der Waals surface area contributed by atoms with Crippen molar-refractivity contribution >= 4 is 5.91 Å². The van der Waals surface area contributed by atoms with Crippen LogP contribution in [0.4, 0.5) is 0 Å². The second kappa shape index (κ2) is 13.4. The van der Waals surface area contributed by atoms with Gasteiger partial charge in [-0.15, -0.1) is 0 Å². The lowest BCUT2D eigenvalue weighted by molar-refractivity contribution is -0.122. The van der Waals surface area contributed by atoms with E-state index in [4.69, 9.17) is 11.0 Å². The van der Waals surface area contributed by atoms with Crippen LogP contribution in [0.15, 0.2) is 0 Å². The lowest BCUT2D eigenvalue weighted by Crippen LogP contribution is -2.23. The minimum absolute atomic E-state index is 0.0931. The molecule has 0 aliphatic heterocycles. The number of hydrogen-bond acceptors (Lipinski definition) is 2. The fraction of sp³-hybridized carbons (Fsp3) is 0.875. The van der Waals surface area contributed by atoms with Crippen molar-refractivity contribution < 1.29 is 4.79 Å². The zero-order valence-electron chi connectivity index (χ0n) is 12.5. The maximum Gasteiger partial charge on any atom is 0.220 e. The number of nitrogens with zero attached hydrogens (tertiary/aromatic N) is 1. The van der Waals surface area contributed by atoms with E-state index in [0.717, 1.165) is 38.5 Å². The topological polar surface area (TPSA) is 66.9 Å². The van der Waals surface area contributed by atoms with Crippen molar-refractivity contribution in [1.29, 1.82) is 5.26 Å². The van der Waals surface area contributed by atoms with Crippen LogP contribution in [0.2, 0.25) is 0 Å². The Bertz CT molecular complexity index is 258. The van der Waals surface area contributed by atoms with Crippen LogP contribution >= 0.6 is 0 Å². The maximum atomic E-state index is 11.3. The van der Waals surface area contributed by atoms with Gasteiger partial charge in [0, 0.05) is 12.3 Å². The van der Waals surface area contributed by atoms with E-state index in [0.29, 0.717) is 6.42 Å². The summed E-state index contributed by atoms with van der Waals surface area (Å²) < 4.78 is 0. The number of primary amides is 1. The van der Waals surface area contributed by atoms with Crippen LogP contribution in [0, 0.1) is 17.2 Å². The predicted molar refractivity (Wildman–Crippen MR) is 79.4 cm³/mol. The molecule has 1 unspecified atom stereocenters. The molecule has 0 saturated heterocycles. The Kier molecular flexibility index (Phi) is 12.7. The third kappa shape index (κ3) is 11.8. The summed E-state index contributed by atoms with van der Waals surface area (Å²) in [5, 5.41) is 8.41. The van der Waals surface area contributed by atoms with Gasteiger partial charge < -0.3 is 5.73 Å². The summed E-state index contributed by atoms with van der Waals surface area (Å²) in [4.78, 5) is 11.3. The van der Waals surface area contributed by atoms with Gasteiger partial charge in [-0.3, -0.25) is 4.79 Å². The highest BCUT2D eigenvalue weighted by Gasteiger charge is 2.13. The van der Waals surface area contributed by atoms with Crippen LogP contribution in [0.1, 0.15) is 84.0 Å². The molecule has 0 aromatic heterocycles. The third-order valence-corrected chi connectivity index (χ3v) is 3.65. The fourth-order valence-electron chi connectivity index (χ4n) is 2.36. The number of hydrogen-bond donors (Lipinski definition) is 1. The maximum absolute atomic E-state index is 11.3. The molecule has 1 amide bonds. The lowest BCUT2D eigenvalue weighted by atomic mass is 9.94. The minimum atomic E-state index is -0.120. The van der Waals surface area contributed by atoms with Gasteiger partial charge in [0.25, 0.3) is 0 Å². The predicted octanol–water partition coefficient (Wildman–Crippen LogP) is 4.31. The van der Waals surface area contributed by atoms with E-state index >= 15 is 0 Å². The standard InChI is InChI=1S/C16H30N2O/c1-2-3-12-15(16(18)19)13-10-8-6-4-5-7-9-11-14-17/h15H,2-13H2,1H3,(H2,18,19). The molecule has 0 aliphatic rings. The van der Waals surface area contributed by atoms with E-state index in [1.54, 1.807) is 0 Å². The zero-order chi connectivity index (χ0) is 14.3. The van der Waals surface area contributed by atoms with E-state index in [1.165, 1.54) is 32.1 Å². The zero-order valence-corrected chi connectivity index (χ0v) is 12.5. The smallest absolute Gasteiger partial charge is 0.220 e. The van der Waals surface area contributed by atoms with E-state index in [1.807, 2.05) is 0 Å². The SMILES string of the molecule is CCCCC(CCCCCCCCCC#N)C(N)=O. The summed E-state index contributed by atoms with van der Waals surface area (Å²) in [6.45, 7) is 2.14. The Hall–Kier alpha value is -1.04. The van der Waals surface area contributed by atoms with Crippen LogP contribution in [0.5, 0.6) is 0 Å². The first-order valence-corrected chi connectivity index (χ1v) is 7.88. The number of nitrogens with two attached hydrogens (primary N) is 1. The highest BCUT2D eigenvalue weighted by molar-refractivity contribution is 5.76. The highest BCUT2D eigenvalue weighted by Crippen LogP contribution is 2.17. The van der Waals surface area contributed by atoms with E-state index in [-0.39, 0.29) is 11.8 Å². The summed E-state index contributed by atoms with van der Waals surface area (Å²) in [6.07, 6.45) is 13.1. The Balaban J connectivity index is 3.40. The lowest BCUT2D eigenvalue weighted by Gasteiger charge is -2.12. The van der Waals surface area contributed by atoms with E-state index in [2.05, 4.69) is 13.0 Å². The van der Waals surface area contributed by atoms with Crippen LogP contribution in [0.25, 0.3) is 0 Å². The second-order valence-corrected chi connectivity index (χ2v) is 5.41. The first-order chi connectivity index (χ1) is 9.22. The van der Waals surface area contributed by atoms with Crippen LogP contribution in [-0.2, 0) is 4.79 Å². The van der Waals surface area contributed by atoms with Crippen LogP contribution < -0.4 is 5.73 Å². The molecule has 110 valence electrons. The number of nitriles is 1. The molecular formula is C16H30N2O. The molecule has 2 N–H and O–H groups in total. The normalized spacial score (nSPS) is 12.0. The Morgan fingerprint density at radius 3 is 2.05 bits per heavy atom. The molecule has 3 nitrogen and oxygen atoms in total. The largest absolute Gasteiger partial charge is 0.369 e. The monoisotopic (exact) mass is 266 g/mol. The quantitative estimate of drug-likeness (QED) is 0.505. The van der Waals surface area contributed by atoms with Crippen molar-refractivity contribution in [3.8, 4) is 6.07 Å². The molecule has 0 bridgehead atoms. The van der Waals surface area contributed by atoms with Crippen LogP contribution in [0.3, 0.4) is 0 Å². The fourth-order valence-corrected chi connectivity index (χ4v) is 2.36. The molecule has 0 heterocycles.